The molecule has 2 rings (SSSR count). The van der Waals surface area contributed by atoms with Crippen LogP contribution < -0.4 is 10.1 Å². The first kappa shape index (κ1) is 12.5. The zero-order valence-electron chi connectivity index (χ0n) is 9.85. The number of aromatic nitrogens is 1. The van der Waals surface area contributed by atoms with Gasteiger partial charge in [-0.2, -0.15) is 0 Å². The maximum atomic E-state index is 9.33. The van der Waals surface area contributed by atoms with Crippen LogP contribution in [0.15, 0.2) is 36.5 Å². The topological polar surface area (TPSA) is 54.4 Å². The SMILES string of the molecule is COc1ncccc1NCc1ccc(O)c(Cl)c1. The summed E-state index contributed by atoms with van der Waals surface area (Å²) in [6, 6.07) is 8.80. The van der Waals surface area contributed by atoms with Gasteiger partial charge in [-0.15, -0.1) is 0 Å². The Morgan fingerprint density at radius 3 is 2.94 bits per heavy atom. The lowest BCUT2D eigenvalue weighted by Crippen LogP contribution is -2.02. The van der Waals surface area contributed by atoms with Crippen LogP contribution in [0.2, 0.25) is 5.02 Å². The molecule has 0 bridgehead atoms. The number of halogens is 1. The predicted molar refractivity (Wildman–Crippen MR) is 71.2 cm³/mol. The smallest absolute Gasteiger partial charge is 0.237 e. The van der Waals surface area contributed by atoms with E-state index in [2.05, 4.69) is 10.3 Å². The molecule has 1 aromatic carbocycles. The number of nitrogens with zero attached hydrogens (tertiary/aromatic N) is 1. The molecule has 0 unspecified atom stereocenters. The van der Waals surface area contributed by atoms with Gasteiger partial charge in [0.1, 0.15) is 5.75 Å². The van der Waals surface area contributed by atoms with Gasteiger partial charge in [0.2, 0.25) is 5.88 Å². The van der Waals surface area contributed by atoms with Crippen molar-refractivity contribution in [1.82, 2.24) is 4.98 Å². The van der Waals surface area contributed by atoms with Gasteiger partial charge in [-0.1, -0.05) is 17.7 Å². The van der Waals surface area contributed by atoms with E-state index in [4.69, 9.17) is 16.3 Å². The highest BCUT2D eigenvalue weighted by Gasteiger charge is 2.04. The van der Waals surface area contributed by atoms with Crippen molar-refractivity contribution in [2.24, 2.45) is 0 Å². The number of hydrogen-bond acceptors (Lipinski definition) is 4. The summed E-state index contributed by atoms with van der Waals surface area (Å²) in [7, 11) is 1.57. The molecule has 0 fully saturated rings. The van der Waals surface area contributed by atoms with Gasteiger partial charge >= 0.3 is 0 Å². The molecule has 0 saturated heterocycles. The Morgan fingerprint density at radius 2 is 2.22 bits per heavy atom. The van der Waals surface area contributed by atoms with E-state index in [1.165, 1.54) is 0 Å². The van der Waals surface area contributed by atoms with Gasteiger partial charge < -0.3 is 15.2 Å². The number of phenols is 1. The van der Waals surface area contributed by atoms with Crippen molar-refractivity contribution in [3.63, 3.8) is 0 Å². The van der Waals surface area contributed by atoms with Crippen LogP contribution >= 0.6 is 11.6 Å². The number of aromatic hydroxyl groups is 1. The third-order valence-electron chi connectivity index (χ3n) is 2.46. The molecule has 0 aliphatic rings. The van der Waals surface area contributed by atoms with Crippen molar-refractivity contribution < 1.29 is 9.84 Å². The van der Waals surface area contributed by atoms with Crippen molar-refractivity contribution in [3.8, 4) is 11.6 Å². The number of methoxy groups -OCH3 is 1. The van der Waals surface area contributed by atoms with E-state index in [1.54, 1.807) is 31.5 Å². The molecule has 0 saturated carbocycles. The number of anilines is 1. The lowest BCUT2D eigenvalue weighted by molar-refractivity contribution is 0.399. The van der Waals surface area contributed by atoms with Crippen molar-refractivity contribution >= 4 is 17.3 Å². The van der Waals surface area contributed by atoms with Crippen LogP contribution in [0.4, 0.5) is 5.69 Å². The molecule has 5 heteroatoms. The molecule has 94 valence electrons. The largest absolute Gasteiger partial charge is 0.506 e. The fourth-order valence-corrected chi connectivity index (χ4v) is 1.75. The first-order chi connectivity index (χ1) is 8.70. The average molecular weight is 265 g/mol. The summed E-state index contributed by atoms with van der Waals surface area (Å²) in [6.07, 6.45) is 1.67. The molecule has 1 heterocycles. The first-order valence-electron chi connectivity index (χ1n) is 5.41. The number of rotatable bonds is 4. The first-order valence-corrected chi connectivity index (χ1v) is 5.79. The molecule has 0 aliphatic heterocycles. The molecule has 0 amide bonds. The standard InChI is InChI=1S/C13H13ClN2O2/c1-18-13-11(3-2-6-15-13)16-8-9-4-5-12(17)10(14)7-9/h2-7,16-17H,8H2,1H3. The second-order valence-electron chi connectivity index (χ2n) is 3.70. The van der Waals surface area contributed by atoms with Gasteiger partial charge in [-0.3, -0.25) is 0 Å². The number of nitrogens with one attached hydrogen (secondary N) is 1. The molecule has 0 aliphatic carbocycles. The quantitative estimate of drug-likeness (QED) is 0.891. The fraction of sp³-hybridized carbons (Fsp3) is 0.154. The van der Waals surface area contributed by atoms with Crippen LogP contribution in [-0.2, 0) is 6.54 Å². The van der Waals surface area contributed by atoms with E-state index in [9.17, 15) is 5.11 Å². The van der Waals surface area contributed by atoms with Gasteiger partial charge in [0, 0.05) is 12.7 Å². The van der Waals surface area contributed by atoms with E-state index in [1.807, 2.05) is 12.1 Å². The van der Waals surface area contributed by atoms with E-state index in [-0.39, 0.29) is 5.75 Å². The van der Waals surface area contributed by atoms with Gasteiger partial charge in [-0.05, 0) is 29.8 Å². The van der Waals surface area contributed by atoms with Crippen LogP contribution in [0, 0.1) is 0 Å². The maximum absolute atomic E-state index is 9.33. The third kappa shape index (κ3) is 2.84. The van der Waals surface area contributed by atoms with Crippen molar-refractivity contribution in [1.29, 1.82) is 0 Å². The van der Waals surface area contributed by atoms with E-state index < -0.39 is 0 Å². The summed E-state index contributed by atoms with van der Waals surface area (Å²) in [5.74, 6) is 0.627. The molecule has 2 N–H and O–H groups in total. The molecular formula is C13H13ClN2O2. The lowest BCUT2D eigenvalue weighted by Gasteiger charge is -2.10. The van der Waals surface area contributed by atoms with Crippen LogP contribution in [0.3, 0.4) is 0 Å². The van der Waals surface area contributed by atoms with Gasteiger partial charge in [0.05, 0.1) is 17.8 Å². The summed E-state index contributed by atoms with van der Waals surface area (Å²) in [5, 5.41) is 12.9. The Morgan fingerprint density at radius 1 is 1.39 bits per heavy atom. The minimum atomic E-state index is 0.0828. The molecule has 0 spiro atoms. The number of pyridine rings is 1. The number of phenolic OH excluding ortho intramolecular Hbond substituents is 1. The minimum absolute atomic E-state index is 0.0828. The number of hydrogen-bond donors (Lipinski definition) is 2. The summed E-state index contributed by atoms with van der Waals surface area (Å²) in [4.78, 5) is 4.09. The monoisotopic (exact) mass is 264 g/mol. The molecule has 0 radical (unpaired) electrons. The van der Waals surface area contributed by atoms with Gasteiger partial charge in [0.15, 0.2) is 0 Å². The predicted octanol–water partition coefficient (Wildman–Crippen LogP) is 3.06. The van der Waals surface area contributed by atoms with Crippen LogP contribution in [0.25, 0.3) is 0 Å². The lowest BCUT2D eigenvalue weighted by atomic mass is 10.2. The molecule has 1 aromatic heterocycles. The maximum Gasteiger partial charge on any atom is 0.237 e. The molecule has 2 aromatic rings. The Kier molecular flexibility index (Phi) is 3.89. The van der Waals surface area contributed by atoms with Crippen LogP contribution in [0.1, 0.15) is 5.56 Å². The highest BCUT2D eigenvalue weighted by molar-refractivity contribution is 6.32. The zero-order chi connectivity index (χ0) is 13.0. The van der Waals surface area contributed by atoms with Crippen LogP contribution in [-0.4, -0.2) is 17.2 Å². The molecule has 4 nitrogen and oxygen atoms in total. The number of benzene rings is 1. The van der Waals surface area contributed by atoms with Gasteiger partial charge in [0.25, 0.3) is 0 Å². The Hall–Kier alpha value is -1.94. The van der Waals surface area contributed by atoms with E-state index >= 15 is 0 Å². The fourth-order valence-electron chi connectivity index (χ4n) is 1.55. The molecular weight excluding hydrogens is 252 g/mol. The minimum Gasteiger partial charge on any atom is -0.506 e. The highest BCUT2D eigenvalue weighted by Crippen LogP contribution is 2.25. The van der Waals surface area contributed by atoms with E-state index in [0.29, 0.717) is 17.4 Å². The Bertz CT molecular complexity index is 546. The zero-order valence-corrected chi connectivity index (χ0v) is 10.6. The van der Waals surface area contributed by atoms with Crippen molar-refractivity contribution in [2.45, 2.75) is 6.54 Å². The van der Waals surface area contributed by atoms with Crippen molar-refractivity contribution in [2.75, 3.05) is 12.4 Å². The normalized spacial score (nSPS) is 10.1. The highest BCUT2D eigenvalue weighted by atomic mass is 35.5. The Balaban J connectivity index is 2.09. The molecule has 0 atom stereocenters. The van der Waals surface area contributed by atoms with Gasteiger partial charge in [-0.25, -0.2) is 4.98 Å². The summed E-state index contributed by atoms with van der Waals surface area (Å²) >= 11 is 5.84. The summed E-state index contributed by atoms with van der Waals surface area (Å²) in [5.41, 5.74) is 1.77. The van der Waals surface area contributed by atoms with Crippen molar-refractivity contribution in [3.05, 3.63) is 47.1 Å². The van der Waals surface area contributed by atoms with E-state index in [0.717, 1.165) is 11.3 Å². The second kappa shape index (κ2) is 5.60. The Labute approximate surface area is 110 Å². The molecule has 18 heavy (non-hydrogen) atoms. The summed E-state index contributed by atoms with van der Waals surface area (Å²) < 4.78 is 5.14. The van der Waals surface area contributed by atoms with Crippen LogP contribution in [0.5, 0.6) is 11.6 Å². The average Bonchev–Trinajstić information content (AvgIpc) is 2.40. The summed E-state index contributed by atoms with van der Waals surface area (Å²) in [6.45, 7) is 0.571. The number of ether oxygens (including phenoxy) is 1. The third-order valence-corrected chi connectivity index (χ3v) is 2.76. The second-order valence-corrected chi connectivity index (χ2v) is 4.11.